The average Bonchev–Trinajstić information content (AvgIpc) is 2.41. The van der Waals surface area contributed by atoms with Crippen molar-refractivity contribution in [1.82, 2.24) is 0 Å². The van der Waals surface area contributed by atoms with Crippen LogP contribution >= 0.6 is 39.1 Å². The predicted molar refractivity (Wildman–Crippen MR) is 85.5 cm³/mol. The minimum absolute atomic E-state index is 0.00592. The summed E-state index contributed by atoms with van der Waals surface area (Å²) in [5.74, 6) is -1.61. The van der Waals surface area contributed by atoms with Crippen LogP contribution in [-0.4, -0.2) is 17.0 Å². The van der Waals surface area contributed by atoms with Crippen LogP contribution in [0.4, 0.5) is 5.69 Å². The van der Waals surface area contributed by atoms with Crippen molar-refractivity contribution in [2.45, 2.75) is 0 Å². The number of aromatic carboxylic acids is 1. The molecule has 4 nitrogen and oxygen atoms in total. The third-order valence-corrected chi connectivity index (χ3v) is 3.97. The first-order valence-electron chi connectivity index (χ1n) is 5.68. The minimum Gasteiger partial charge on any atom is -0.478 e. The highest BCUT2D eigenvalue weighted by atomic mass is 79.9. The lowest BCUT2D eigenvalue weighted by atomic mass is 10.1. The summed E-state index contributed by atoms with van der Waals surface area (Å²) >= 11 is 15.0. The number of hydrogen-bond acceptors (Lipinski definition) is 2. The Balaban J connectivity index is 2.36. The van der Waals surface area contributed by atoms with Gasteiger partial charge in [-0.25, -0.2) is 4.79 Å². The van der Waals surface area contributed by atoms with Gasteiger partial charge in [-0.2, -0.15) is 0 Å². The summed E-state index contributed by atoms with van der Waals surface area (Å²) in [6.07, 6.45) is 0. The first kappa shape index (κ1) is 15.8. The number of hydrogen-bond donors (Lipinski definition) is 2. The lowest BCUT2D eigenvalue weighted by Crippen LogP contribution is -2.13. The van der Waals surface area contributed by atoms with Crippen LogP contribution in [0.3, 0.4) is 0 Å². The van der Waals surface area contributed by atoms with E-state index in [1.54, 1.807) is 24.3 Å². The van der Waals surface area contributed by atoms with E-state index >= 15 is 0 Å². The fourth-order valence-electron chi connectivity index (χ4n) is 1.64. The molecule has 0 aliphatic carbocycles. The molecule has 7 heteroatoms. The highest BCUT2D eigenvalue weighted by Gasteiger charge is 2.16. The molecule has 0 unspecified atom stereocenters. The Morgan fingerprint density at radius 1 is 1.05 bits per heavy atom. The molecule has 2 aromatic carbocycles. The van der Waals surface area contributed by atoms with Crippen molar-refractivity contribution in [3.63, 3.8) is 0 Å². The van der Waals surface area contributed by atoms with E-state index < -0.39 is 11.9 Å². The van der Waals surface area contributed by atoms with E-state index in [2.05, 4.69) is 21.2 Å². The zero-order valence-electron chi connectivity index (χ0n) is 10.4. The van der Waals surface area contributed by atoms with E-state index in [1.165, 1.54) is 12.1 Å². The Hall–Kier alpha value is -1.56. The van der Waals surface area contributed by atoms with E-state index in [9.17, 15) is 9.59 Å². The molecule has 2 N–H and O–H groups in total. The summed E-state index contributed by atoms with van der Waals surface area (Å²) in [6.45, 7) is 0. The van der Waals surface area contributed by atoms with Crippen molar-refractivity contribution in [3.8, 4) is 0 Å². The standard InChI is InChI=1S/C14H8BrCl2NO3/c15-9-4-2-1-3-7(9)13(19)18-12-5-8(14(20)21)10(16)6-11(12)17/h1-6H,(H,18,19)(H,20,21). The first-order chi connectivity index (χ1) is 9.90. The zero-order chi connectivity index (χ0) is 15.6. The molecule has 0 bridgehead atoms. The van der Waals surface area contributed by atoms with E-state index in [0.717, 1.165) is 0 Å². The molecule has 0 atom stereocenters. The topological polar surface area (TPSA) is 66.4 Å². The third-order valence-electron chi connectivity index (χ3n) is 2.65. The third kappa shape index (κ3) is 3.56. The van der Waals surface area contributed by atoms with Crippen LogP contribution in [0.5, 0.6) is 0 Å². The van der Waals surface area contributed by atoms with Gasteiger partial charge in [-0.05, 0) is 40.2 Å². The van der Waals surface area contributed by atoms with E-state index in [1.807, 2.05) is 0 Å². The number of anilines is 1. The van der Waals surface area contributed by atoms with Crippen LogP contribution < -0.4 is 5.32 Å². The summed E-state index contributed by atoms with van der Waals surface area (Å²) in [5.41, 5.74) is 0.447. The maximum atomic E-state index is 12.2. The largest absolute Gasteiger partial charge is 0.478 e. The van der Waals surface area contributed by atoms with E-state index in [-0.39, 0.29) is 21.3 Å². The van der Waals surface area contributed by atoms with E-state index in [0.29, 0.717) is 10.0 Å². The Kier molecular flexibility index (Phi) is 4.88. The Bertz CT molecular complexity index is 734. The van der Waals surface area contributed by atoms with Crippen LogP contribution in [0, 0.1) is 0 Å². The van der Waals surface area contributed by atoms with Gasteiger partial charge in [-0.3, -0.25) is 4.79 Å². The van der Waals surface area contributed by atoms with Crippen LogP contribution in [0.15, 0.2) is 40.9 Å². The van der Waals surface area contributed by atoms with Crippen LogP contribution in [-0.2, 0) is 0 Å². The minimum atomic E-state index is -1.20. The SMILES string of the molecule is O=C(O)c1cc(NC(=O)c2ccccc2Br)c(Cl)cc1Cl. The monoisotopic (exact) mass is 387 g/mol. The van der Waals surface area contributed by atoms with Crippen molar-refractivity contribution in [2.24, 2.45) is 0 Å². The maximum Gasteiger partial charge on any atom is 0.337 e. The maximum absolute atomic E-state index is 12.2. The number of benzene rings is 2. The van der Waals surface area contributed by atoms with Crippen molar-refractivity contribution in [1.29, 1.82) is 0 Å². The molecule has 0 aromatic heterocycles. The van der Waals surface area contributed by atoms with Gasteiger partial charge in [0, 0.05) is 4.47 Å². The van der Waals surface area contributed by atoms with Gasteiger partial charge in [0.1, 0.15) is 0 Å². The smallest absolute Gasteiger partial charge is 0.337 e. The molecule has 0 heterocycles. The summed E-state index contributed by atoms with van der Waals surface area (Å²) in [4.78, 5) is 23.2. The summed E-state index contributed by atoms with van der Waals surface area (Å²) < 4.78 is 0.617. The Morgan fingerprint density at radius 2 is 1.71 bits per heavy atom. The van der Waals surface area contributed by atoms with Gasteiger partial charge in [-0.15, -0.1) is 0 Å². The van der Waals surface area contributed by atoms with Crippen molar-refractivity contribution in [2.75, 3.05) is 5.32 Å². The molecule has 21 heavy (non-hydrogen) atoms. The average molecular weight is 389 g/mol. The van der Waals surface area contributed by atoms with Gasteiger partial charge in [0.15, 0.2) is 0 Å². The summed E-state index contributed by atoms with van der Waals surface area (Å²) in [7, 11) is 0. The summed E-state index contributed by atoms with van der Waals surface area (Å²) in [5, 5.41) is 11.8. The molecule has 0 saturated carbocycles. The van der Waals surface area contributed by atoms with Gasteiger partial charge in [0.25, 0.3) is 5.91 Å². The van der Waals surface area contributed by atoms with Gasteiger partial charge >= 0.3 is 5.97 Å². The molecule has 2 aromatic rings. The molecule has 2 rings (SSSR count). The molecule has 0 fully saturated rings. The molecule has 0 saturated heterocycles. The molecule has 0 aliphatic heterocycles. The van der Waals surface area contributed by atoms with Gasteiger partial charge < -0.3 is 10.4 Å². The molecular weight excluding hydrogens is 381 g/mol. The number of carboxylic acid groups (broad SMARTS) is 1. The second kappa shape index (κ2) is 6.47. The Labute approximate surface area is 138 Å². The molecule has 108 valence electrons. The first-order valence-corrected chi connectivity index (χ1v) is 7.23. The lowest BCUT2D eigenvalue weighted by molar-refractivity contribution is 0.0696. The second-order valence-corrected chi connectivity index (χ2v) is 5.72. The second-order valence-electron chi connectivity index (χ2n) is 4.05. The van der Waals surface area contributed by atoms with Crippen molar-refractivity contribution in [3.05, 3.63) is 62.0 Å². The number of carbonyl (C=O) groups is 2. The highest BCUT2D eigenvalue weighted by molar-refractivity contribution is 9.10. The van der Waals surface area contributed by atoms with Crippen LogP contribution in [0.25, 0.3) is 0 Å². The van der Waals surface area contributed by atoms with Gasteiger partial charge in [0.2, 0.25) is 0 Å². The number of halogens is 3. The fraction of sp³-hybridized carbons (Fsp3) is 0. The molecule has 0 radical (unpaired) electrons. The van der Waals surface area contributed by atoms with Crippen LogP contribution in [0.2, 0.25) is 10.0 Å². The fourth-order valence-corrected chi connectivity index (χ4v) is 2.62. The van der Waals surface area contributed by atoms with Gasteiger partial charge in [-0.1, -0.05) is 35.3 Å². The summed E-state index contributed by atoms with van der Waals surface area (Å²) in [6, 6.07) is 9.34. The van der Waals surface area contributed by atoms with E-state index in [4.69, 9.17) is 28.3 Å². The molecule has 0 aliphatic rings. The van der Waals surface area contributed by atoms with Crippen LogP contribution in [0.1, 0.15) is 20.7 Å². The number of carbonyl (C=O) groups excluding carboxylic acids is 1. The normalized spacial score (nSPS) is 10.2. The molecule has 0 spiro atoms. The van der Waals surface area contributed by atoms with Crippen molar-refractivity contribution < 1.29 is 14.7 Å². The highest BCUT2D eigenvalue weighted by Crippen LogP contribution is 2.30. The number of carboxylic acids is 1. The zero-order valence-corrected chi connectivity index (χ0v) is 13.5. The Morgan fingerprint density at radius 3 is 2.33 bits per heavy atom. The predicted octanol–water partition coefficient (Wildman–Crippen LogP) is 4.71. The quantitative estimate of drug-likeness (QED) is 0.800. The lowest BCUT2D eigenvalue weighted by Gasteiger charge is -2.10. The van der Waals surface area contributed by atoms with Gasteiger partial charge in [0.05, 0.1) is 26.9 Å². The molecule has 1 amide bonds. The number of amides is 1. The number of rotatable bonds is 3. The molecular formula is C14H8BrCl2NO3. The van der Waals surface area contributed by atoms with Crippen molar-refractivity contribution >= 4 is 56.7 Å². The number of nitrogens with one attached hydrogen (secondary N) is 1.